The van der Waals surface area contributed by atoms with Crippen molar-refractivity contribution in [3.05, 3.63) is 84.4 Å². The summed E-state index contributed by atoms with van der Waals surface area (Å²) in [6.07, 6.45) is 1.01. The van der Waals surface area contributed by atoms with Gasteiger partial charge in [0.1, 0.15) is 18.3 Å². The summed E-state index contributed by atoms with van der Waals surface area (Å²) < 4.78 is 24.2. The van der Waals surface area contributed by atoms with Gasteiger partial charge in [0.2, 0.25) is 0 Å². The summed E-state index contributed by atoms with van der Waals surface area (Å²) in [6, 6.07) is 20.2. The Hall–Kier alpha value is -1.98. The zero-order valence-electron chi connectivity index (χ0n) is 16.0. The second-order valence-corrected chi connectivity index (χ2v) is 7.14. The normalized spacial score (nSPS) is 22.4. The molecule has 0 spiro atoms. The third-order valence-corrected chi connectivity index (χ3v) is 4.46. The van der Waals surface area contributed by atoms with Crippen molar-refractivity contribution in [2.75, 3.05) is 6.61 Å². The lowest BCUT2D eigenvalue weighted by Gasteiger charge is -2.26. The van der Waals surface area contributed by atoms with Crippen LogP contribution in [0.3, 0.4) is 0 Å². The molecule has 1 aliphatic heterocycles. The van der Waals surface area contributed by atoms with E-state index >= 15 is 0 Å². The topological polar surface area (TPSA) is 36.9 Å². The summed E-state index contributed by atoms with van der Waals surface area (Å²) in [4.78, 5) is 0. The molecule has 1 saturated heterocycles. The highest BCUT2D eigenvalue weighted by Gasteiger charge is 2.44. The lowest BCUT2D eigenvalue weighted by atomic mass is 10.1. The maximum atomic E-state index is 6.20. The molecule has 1 fully saturated rings. The molecule has 0 aromatic heterocycles. The second kappa shape index (κ2) is 9.29. The summed E-state index contributed by atoms with van der Waals surface area (Å²) in [5.41, 5.74) is 2.24. The van der Waals surface area contributed by atoms with Crippen molar-refractivity contribution in [1.29, 1.82) is 0 Å². The summed E-state index contributed by atoms with van der Waals surface area (Å²) in [5.74, 6) is -0.669. The van der Waals surface area contributed by atoms with E-state index in [9.17, 15) is 0 Å². The van der Waals surface area contributed by atoms with Gasteiger partial charge >= 0.3 is 0 Å². The molecular weight excluding hydrogens is 341 g/mol. The molecule has 27 heavy (non-hydrogen) atoms. The third kappa shape index (κ3) is 5.75. The molecule has 0 saturated carbocycles. The van der Waals surface area contributed by atoms with Crippen molar-refractivity contribution in [2.45, 2.75) is 51.2 Å². The zero-order valence-corrected chi connectivity index (χ0v) is 16.0. The van der Waals surface area contributed by atoms with Crippen LogP contribution in [0.25, 0.3) is 0 Å². The first-order valence-electron chi connectivity index (χ1n) is 9.33. The van der Waals surface area contributed by atoms with E-state index in [1.807, 2.05) is 74.5 Å². The van der Waals surface area contributed by atoms with Gasteiger partial charge < -0.3 is 18.9 Å². The zero-order chi connectivity index (χ0) is 19.1. The molecule has 0 aliphatic carbocycles. The first kappa shape index (κ1) is 19.8. The summed E-state index contributed by atoms with van der Waals surface area (Å²) in [7, 11) is 0. The maximum absolute atomic E-state index is 6.20. The van der Waals surface area contributed by atoms with Crippen molar-refractivity contribution < 1.29 is 18.9 Å². The molecule has 3 atom stereocenters. The number of benzene rings is 2. The SMILES string of the molecule is CC1(C)O[C@H]([C@@H](COCc2ccccc2)OCc2ccccc2)[C@@H](C=[13CH2])O1. The molecule has 0 amide bonds. The molecule has 4 heteroatoms. The lowest BCUT2D eigenvalue weighted by molar-refractivity contribution is -0.166. The summed E-state index contributed by atoms with van der Waals surface area (Å²) in [5, 5.41) is 0. The quantitative estimate of drug-likeness (QED) is 0.482. The molecule has 3 rings (SSSR count). The van der Waals surface area contributed by atoms with Crippen molar-refractivity contribution >= 4 is 0 Å². The van der Waals surface area contributed by atoms with Crippen LogP contribution in [-0.2, 0) is 32.2 Å². The fourth-order valence-electron chi connectivity index (χ4n) is 3.17. The van der Waals surface area contributed by atoms with Gasteiger partial charge in [-0.1, -0.05) is 66.7 Å². The van der Waals surface area contributed by atoms with Crippen LogP contribution in [-0.4, -0.2) is 30.7 Å². The van der Waals surface area contributed by atoms with Gasteiger partial charge in [-0.3, -0.25) is 0 Å². The minimum atomic E-state index is -0.669. The standard InChI is InChI=1S/C23H28O4/c1-4-20-22(27-23(2,3)26-20)21(25-16-19-13-9-6-10-14-19)17-24-15-18-11-7-5-8-12-18/h4-14,20-22H,1,15-17H2,2-3H3/t20-,21-,22+/m1/s1/i1+1. The summed E-state index contributed by atoms with van der Waals surface area (Å²) in [6.45, 7) is 9.13. The monoisotopic (exact) mass is 369 g/mol. The Labute approximate surface area is 161 Å². The van der Waals surface area contributed by atoms with Crippen LogP contribution in [0.2, 0.25) is 0 Å². The molecule has 2 aromatic carbocycles. The van der Waals surface area contributed by atoms with Crippen LogP contribution in [0.1, 0.15) is 25.0 Å². The Balaban J connectivity index is 1.65. The van der Waals surface area contributed by atoms with Gasteiger partial charge in [0.25, 0.3) is 0 Å². The number of hydrogen-bond donors (Lipinski definition) is 0. The highest BCUT2D eigenvalue weighted by Crippen LogP contribution is 2.32. The van der Waals surface area contributed by atoms with E-state index in [1.165, 1.54) is 0 Å². The predicted octanol–water partition coefficient (Wildman–Crippen LogP) is 4.49. The second-order valence-electron chi connectivity index (χ2n) is 7.14. The van der Waals surface area contributed by atoms with Crippen LogP contribution in [0.15, 0.2) is 73.3 Å². The largest absolute Gasteiger partial charge is 0.374 e. The molecule has 0 radical (unpaired) electrons. The van der Waals surface area contributed by atoms with Crippen molar-refractivity contribution in [2.24, 2.45) is 0 Å². The first-order chi connectivity index (χ1) is 13.1. The van der Waals surface area contributed by atoms with E-state index < -0.39 is 5.79 Å². The van der Waals surface area contributed by atoms with E-state index in [-0.39, 0.29) is 18.3 Å². The van der Waals surface area contributed by atoms with Gasteiger partial charge in [-0.05, 0) is 25.0 Å². The average Bonchev–Trinajstić information content (AvgIpc) is 3.00. The van der Waals surface area contributed by atoms with E-state index in [1.54, 1.807) is 6.08 Å². The van der Waals surface area contributed by atoms with Crippen LogP contribution >= 0.6 is 0 Å². The van der Waals surface area contributed by atoms with Gasteiger partial charge in [0, 0.05) is 0 Å². The number of rotatable bonds is 9. The van der Waals surface area contributed by atoms with Gasteiger partial charge in [-0.15, -0.1) is 6.58 Å². The lowest BCUT2D eigenvalue weighted by Crippen LogP contribution is -2.39. The van der Waals surface area contributed by atoms with Gasteiger partial charge in [0.05, 0.1) is 19.8 Å². The molecule has 2 aromatic rings. The Morgan fingerprint density at radius 2 is 1.56 bits per heavy atom. The molecular formula is C23H28O4. The van der Waals surface area contributed by atoms with Gasteiger partial charge in [0.15, 0.2) is 5.79 Å². The summed E-state index contributed by atoms with van der Waals surface area (Å²) >= 11 is 0. The highest BCUT2D eigenvalue weighted by molar-refractivity contribution is 5.14. The molecule has 144 valence electrons. The van der Waals surface area contributed by atoms with Crippen LogP contribution < -0.4 is 0 Å². The van der Waals surface area contributed by atoms with Gasteiger partial charge in [-0.25, -0.2) is 0 Å². The van der Waals surface area contributed by atoms with Crippen molar-refractivity contribution in [1.82, 2.24) is 0 Å². The highest BCUT2D eigenvalue weighted by atomic mass is 16.8. The van der Waals surface area contributed by atoms with Crippen LogP contribution in [0, 0.1) is 0 Å². The van der Waals surface area contributed by atoms with Crippen LogP contribution in [0.4, 0.5) is 0 Å². The van der Waals surface area contributed by atoms with Crippen molar-refractivity contribution in [3.8, 4) is 0 Å². The molecule has 0 unspecified atom stereocenters. The Bertz CT molecular complexity index is 699. The molecule has 0 bridgehead atoms. The molecule has 1 aliphatic rings. The smallest absolute Gasteiger partial charge is 0.164 e. The third-order valence-electron chi connectivity index (χ3n) is 4.46. The predicted molar refractivity (Wildman–Crippen MR) is 105 cm³/mol. The Morgan fingerprint density at radius 3 is 2.15 bits per heavy atom. The number of ether oxygens (including phenoxy) is 4. The Kier molecular flexibility index (Phi) is 6.80. The fourth-order valence-corrected chi connectivity index (χ4v) is 3.17. The molecule has 0 N–H and O–H groups in total. The van der Waals surface area contributed by atoms with Crippen molar-refractivity contribution in [3.63, 3.8) is 0 Å². The van der Waals surface area contributed by atoms with E-state index in [2.05, 4.69) is 6.58 Å². The maximum Gasteiger partial charge on any atom is 0.164 e. The van der Waals surface area contributed by atoms with Crippen LogP contribution in [0.5, 0.6) is 0 Å². The minimum Gasteiger partial charge on any atom is -0.374 e. The average molecular weight is 369 g/mol. The fraction of sp³-hybridized carbons (Fsp3) is 0.391. The van der Waals surface area contributed by atoms with E-state index in [4.69, 9.17) is 18.9 Å². The first-order valence-corrected chi connectivity index (χ1v) is 9.33. The van der Waals surface area contributed by atoms with E-state index in [0.29, 0.717) is 19.8 Å². The minimum absolute atomic E-state index is 0.235. The van der Waals surface area contributed by atoms with E-state index in [0.717, 1.165) is 11.1 Å². The molecule has 1 heterocycles. The molecule has 4 nitrogen and oxygen atoms in total. The van der Waals surface area contributed by atoms with Gasteiger partial charge in [-0.2, -0.15) is 0 Å². The Morgan fingerprint density at radius 1 is 0.963 bits per heavy atom. The number of hydrogen-bond acceptors (Lipinski definition) is 4.